The molecule has 4 rings (SSSR count). The number of carbonyl (C=O) groups excluding carboxylic acids is 2. The summed E-state index contributed by atoms with van der Waals surface area (Å²) in [6.07, 6.45) is 0. The minimum absolute atomic E-state index is 0.0480. The maximum absolute atomic E-state index is 13.1. The van der Waals surface area contributed by atoms with Crippen LogP contribution in [0.4, 0.5) is 10.1 Å². The Morgan fingerprint density at radius 2 is 1.57 bits per heavy atom. The van der Waals surface area contributed by atoms with E-state index in [9.17, 15) is 14.0 Å². The molecule has 1 aliphatic rings. The first-order valence-corrected chi connectivity index (χ1v) is 11.7. The minimum Gasteiger partial charge on any atom is -0.489 e. The summed E-state index contributed by atoms with van der Waals surface area (Å²) >= 11 is 0. The molecule has 0 aliphatic carbocycles. The van der Waals surface area contributed by atoms with E-state index in [0.717, 1.165) is 22.4 Å². The molecule has 3 aromatic rings. The van der Waals surface area contributed by atoms with Crippen molar-refractivity contribution in [3.8, 4) is 5.75 Å². The third-order valence-corrected chi connectivity index (χ3v) is 6.17. The Hall–Kier alpha value is -3.71. The number of halogens is 1. The first-order chi connectivity index (χ1) is 16.9. The third-order valence-electron chi connectivity index (χ3n) is 6.17. The van der Waals surface area contributed by atoms with Crippen LogP contribution in [0.1, 0.15) is 27.0 Å². The van der Waals surface area contributed by atoms with Crippen molar-refractivity contribution < 1.29 is 18.7 Å². The number of benzene rings is 3. The molecule has 1 heterocycles. The van der Waals surface area contributed by atoms with Crippen LogP contribution in [0.15, 0.2) is 66.7 Å². The van der Waals surface area contributed by atoms with Gasteiger partial charge in [0.05, 0.1) is 6.54 Å². The van der Waals surface area contributed by atoms with Crippen molar-refractivity contribution in [1.82, 2.24) is 9.80 Å². The van der Waals surface area contributed by atoms with Crippen LogP contribution in [-0.2, 0) is 11.4 Å². The molecule has 0 atom stereocenters. The maximum atomic E-state index is 13.1. The molecule has 0 spiro atoms. The zero-order valence-corrected chi connectivity index (χ0v) is 20.1. The topological polar surface area (TPSA) is 61.9 Å². The van der Waals surface area contributed by atoms with Gasteiger partial charge in [0.25, 0.3) is 5.91 Å². The first kappa shape index (κ1) is 24.4. The van der Waals surface area contributed by atoms with Crippen molar-refractivity contribution in [3.63, 3.8) is 0 Å². The van der Waals surface area contributed by atoms with Crippen LogP contribution in [0.5, 0.6) is 5.75 Å². The fourth-order valence-corrected chi connectivity index (χ4v) is 4.15. The second kappa shape index (κ2) is 11.1. The average Bonchev–Trinajstić information content (AvgIpc) is 2.86. The lowest BCUT2D eigenvalue weighted by Gasteiger charge is -2.34. The van der Waals surface area contributed by atoms with Gasteiger partial charge in [-0.3, -0.25) is 14.5 Å². The van der Waals surface area contributed by atoms with Crippen LogP contribution in [0.25, 0.3) is 0 Å². The summed E-state index contributed by atoms with van der Waals surface area (Å²) in [7, 11) is 0. The number of nitrogens with one attached hydrogen (secondary N) is 1. The van der Waals surface area contributed by atoms with Crippen molar-refractivity contribution in [2.45, 2.75) is 20.5 Å². The van der Waals surface area contributed by atoms with Crippen LogP contribution < -0.4 is 10.1 Å². The lowest BCUT2D eigenvalue weighted by molar-refractivity contribution is -0.117. The number of carbonyl (C=O) groups is 2. The quantitative estimate of drug-likeness (QED) is 0.550. The molecule has 0 aromatic heterocycles. The first-order valence-electron chi connectivity index (χ1n) is 11.7. The van der Waals surface area contributed by atoms with E-state index >= 15 is 0 Å². The summed E-state index contributed by atoms with van der Waals surface area (Å²) in [4.78, 5) is 29.5. The smallest absolute Gasteiger partial charge is 0.254 e. The second-order valence-electron chi connectivity index (χ2n) is 8.83. The van der Waals surface area contributed by atoms with E-state index in [-0.39, 0.29) is 17.6 Å². The summed E-state index contributed by atoms with van der Waals surface area (Å²) in [6.45, 7) is 6.92. The number of nitrogens with zero attached hydrogens (tertiary/aromatic N) is 2. The number of ether oxygens (including phenoxy) is 1. The van der Waals surface area contributed by atoms with E-state index in [1.165, 1.54) is 12.1 Å². The molecule has 7 heteroatoms. The fraction of sp³-hybridized carbons (Fsp3) is 0.286. The number of aryl methyl sites for hydroxylation is 2. The highest BCUT2D eigenvalue weighted by Crippen LogP contribution is 2.20. The van der Waals surface area contributed by atoms with Crippen molar-refractivity contribution >= 4 is 17.5 Å². The van der Waals surface area contributed by atoms with Gasteiger partial charge in [-0.05, 0) is 60.9 Å². The third kappa shape index (κ3) is 6.45. The number of anilines is 1. The van der Waals surface area contributed by atoms with E-state index in [1.54, 1.807) is 41.3 Å². The van der Waals surface area contributed by atoms with Crippen LogP contribution in [-0.4, -0.2) is 54.3 Å². The molecule has 35 heavy (non-hydrogen) atoms. The van der Waals surface area contributed by atoms with Gasteiger partial charge in [0.15, 0.2) is 0 Å². The van der Waals surface area contributed by atoms with Gasteiger partial charge in [-0.1, -0.05) is 36.4 Å². The number of hydrogen-bond acceptors (Lipinski definition) is 4. The standard InChI is InChI=1S/C28H30FN3O3/c1-20-5-3-6-21(2)27(20)30-26(33)18-31-13-15-32(16-14-31)28(34)23-7-4-8-25(17-23)35-19-22-9-11-24(29)12-10-22/h3-12,17H,13-16,18-19H2,1-2H3,(H,30,33). The SMILES string of the molecule is Cc1cccc(C)c1NC(=O)CN1CCN(C(=O)c2cccc(OCc3ccc(F)cc3)c2)CC1. The van der Waals surface area contributed by atoms with Gasteiger partial charge in [0.1, 0.15) is 18.2 Å². The van der Waals surface area contributed by atoms with Crippen molar-refractivity contribution in [3.05, 3.63) is 94.8 Å². The summed E-state index contributed by atoms with van der Waals surface area (Å²) < 4.78 is 18.9. The largest absolute Gasteiger partial charge is 0.489 e. The highest BCUT2D eigenvalue weighted by Gasteiger charge is 2.24. The predicted molar refractivity (Wildman–Crippen MR) is 134 cm³/mol. The zero-order valence-electron chi connectivity index (χ0n) is 20.1. The Morgan fingerprint density at radius 1 is 0.914 bits per heavy atom. The van der Waals surface area contributed by atoms with Gasteiger partial charge in [-0.15, -0.1) is 0 Å². The summed E-state index contributed by atoms with van der Waals surface area (Å²) in [5.41, 5.74) is 4.35. The monoisotopic (exact) mass is 475 g/mol. The molecule has 182 valence electrons. The molecule has 6 nitrogen and oxygen atoms in total. The second-order valence-corrected chi connectivity index (χ2v) is 8.83. The zero-order chi connectivity index (χ0) is 24.8. The van der Waals surface area contributed by atoms with E-state index in [4.69, 9.17) is 4.74 Å². The highest BCUT2D eigenvalue weighted by atomic mass is 19.1. The molecule has 2 amide bonds. The molecule has 0 bridgehead atoms. The lowest BCUT2D eigenvalue weighted by Crippen LogP contribution is -2.50. The van der Waals surface area contributed by atoms with Crippen molar-refractivity contribution in [1.29, 1.82) is 0 Å². The summed E-state index contributed by atoms with van der Waals surface area (Å²) in [5.74, 6) is 0.190. The molecule has 1 fully saturated rings. The van der Waals surface area contributed by atoms with Gasteiger partial charge >= 0.3 is 0 Å². The van der Waals surface area contributed by atoms with Crippen LogP contribution in [0, 0.1) is 19.7 Å². The Balaban J connectivity index is 1.27. The molecule has 1 saturated heterocycles. The molecule has 1 N–H and O–H groups in total. The number of piperazine rings is 1. The number of para-hydroxylation sites is 1. The molecule has 0 radical (unpaired) electrons. The van der Waals surface area contributed by atoms with Gasteiger partial charge in [0.2, 0.25) is 5.91 Å². The maximum Gasteiger partial charge on any atom is 0.254 e. The number of rotatable bonds is 7. The van der Waals surface area contributed by atoms with Crippen molar-refractivity contribution in [2.24, 2.45) is 0 Å². The van der Waals surface area contributed by atoms with E-state index < -0.39 is 0 Å². The normalized spacial score (nSPS) is 14.0. The molecule has 0 unspecified atom stereocenters. The van der Waals surface area contributed by atoms with Crippen molar-refractivity contribution in [2.75, 3.05) is 38.0 Å². The van der Waals surface area contributed by atoms with E-state index in [1.807, 2.05) is 32.0 Å². The molecular weight excluding hydrogens is 445 g/mol. The number of hydrogen-bond donors (Lipinski definition) is 1. The van der Waals surface area contributed by atoms with Gasteiger partial charge in [-0.25, -0.2) is 4.39 Å². The van der Waals surface area contributed by atoms with Crippen LogP contribution in [0.3, 0.4) is 0 Å². The Kier molecular flexibility index (Phi) is 7.77. The average molecular weight is 476 g/mol. The molecule has 0 saturated carbocycles. The summed E-state index contributed by atoms with van der Waals surface area (Å²) in [6, 6.07) is 19.2. The lowest BCUT2D eigenvalue weighted by atomic mass is 10.1. The molecular formula is C28H30FN3O3. The van der Waals surface area contributed by atoms with Gasteiger partial charge in [-0.2, -0.15) is 0 Å². The predicted octanol–water partition coefficient (Wildman–Crippen LogP) is 4.42. The van der Waals surface area contributed by atoms with Gasteiger partial charge < -0.3 is 15.0 Å². The Labute approximate surface area is 205 Å². The molecule has 3 aromatic carbocycles. The number of amides is 2. The van der Waals surface area contributed by atoms with E-state index in [0.29, 0.717) is 50.6 Å². The van der Waals surface area contributed by atoms with Crippen LogP contribution >= 0.6 is 0 Å². The minimum atomic E-state index is -0.288. The van der Waals surface area contributed by atoms with Crippen LogP contribution in [0.2, 0.25) is 0 Å². The van der Waals surface area contributed by atoms with E-state index in [2.05, 4.69) is 10.2 Å². The Morgan fingerprint density at radius 3 is 2.26 bits per heavy atom. The fourth-order valence-electron chi connectivity index (χ4n) is 4.15. The van der Waals surface area contributed by atoms with Gasteiger partial charge in [0, 0.05) is 37.4 Å². The molecule has 1 aliphatic heterocycles. The summed E-state index contributed by atoms with van der Waals surface area (Å²) in [5, 5.41) is 3.02. The highest BCUT2D eigenvalue weighted by molar-refractivity contribution is 5.95. The Bertz CT molecular complexity index is 1170.